The highest BCUT2D eigenvalue weighted by Gasteiger charge is 2.19. The highest BCUT2D eigenvalue weighted by atomic mass is 35.5. The summed E-state index contributed by atoms with van der Waals surface area (Å²) >= 11 is 7.59. The lowest BCUT2D eigenvalue weighted by molar-refractivity contribution is -0.137. The third kappa shape index (κ3) is 3.19. The van der Waals surface area contributed by atoms with E-state index in [1.165, 1.54) is 15.9 Å². The summed E-state index contributed by atoms with van der Waals surface area (Å²) in [6, 6.07) is 5.67. The number of halogens is 1. The maximum atomic E-state index is 13.0. The van der Waals surface area contributed by atoms with Crippen molar-refractivity contribution >= 4 is 39.1 Å². The first kappa shape index (κ1) is 17.6. The minimum absolute atomic E-state index is 0.108. The molecule has 0 aliphatic heterocycles. The highest BCUT2D eigenvalue weighted by molar-refractivity contribution is 7.19. The number of rotatable bonds is 4. The number of hydrogen-bond acceptors (Lipinski definition) is 4. The maximum absolute atomic E-state index is 13.0. The van der Waals surface area contributed by atoms with E-state index in [0.717, 1.165) is 21.6 Å². The predicted molar refractivity (Wildman–Crippen MR) is 101 cm³/mol. The summed E-state index contributed by atoms with van der Waals surface area (Å²) in [6.07, 6.45) is -0.119. The first-order valence-corrected chi connectivity index (χ1v) is 8.98. The number of aryl methyl sites for hydroxylation is 3. The van der Waals surface area contributed by atoms with Gasteiger partial charge in [-0.1, -0.05) is 17.7 Å². The van der Waals surface area contributed by atoms with Gasteiger partial charge in [-0.15, -0.1) is 11.3 Å². The van der Waals surface area contributed by atoms with Gasteiger partial charge in [0.2, 0.25) is 0 Å². The molecule has 7 heteroatoms. The van der Waals surface area contributed by atoms with Crippen LogP contribution in [0.2, 0.25) is 5.02 Å². The lowest BCUT2D eigenvalue weighted by Gasteiger charge is -2.09. The first-order valence-electron chi connectivity index (χ1n) is 7.78. The van der Waals surface area contributed by atoms with E-state index in [1.54, 1.807) is 6.92 Å². The first-order chi connectivity index (χ1) is 11.8. The van der Waals surface area contributed by atoms with Crippen molar-refractivity contribution in [2.45, 2.75) is 33.7 Å². The molecular weight excluding hydrogens is 360 g/mol. The number of aliphatic carboxylic acids is 1. The molecule has 0 amide bonds. The Labute approximate surface area is 153 Å². The van der Waals surface area contributed by atoms with Crippen molar-refractivity contribution in [1.29, 1.82) is 0 Å². The number of benzene rings is 1. The number of aromatic nitrogens is 2. The quantitative estimate of drug-likeness (QED) is 0.741. The van der Waals surface area contributed by atoms with Crippen LogP contribution in [0.25, 0.3) is 21.3 Å². The molecule has 0 bridgehead atoms. The molecule has 0 aliphatic carbocycles. The molecule has 2 aromatic heterocycles. The largest absolute Gasteiger partial charge is 0.481 e. The van der Waals surface area contributed by atoms with Gasteiger partial charge in [0.25, 0.3) is 5.56 Å². The number of fused-ring (bicyclic) bond motifs is 1. The topological polar surface area (TPSA) is 72.2 Å². The average molecular weight is 377 g/mol. The number of carboxylic acid groups (broad SMARTS) is 1. The number of carbonyl (C=O) groups is 1. The van der Waals surface area contributed by atoms with Gasteiger partial charge in [-0.05, 0) is 44.0 Å². The van der Waals surface area contributed by atoms with Crippen molar-refractivity contribution in [2.24, 2.45) is 0 Å². The van der Waals surface area contributed by atoms with Crippen molar-refractivity contribution in [2.75, 3.05) is 0 Å². The van der Waals surface area contributed by atoms with Crippen LogP contribution in [0.1, 0.15) is 22.7 Å². The molecule has 0 unspecified atom stereocenters. The van der Waals surface area contributed by atoms with Gasteiger partial charge in [0.1, 0.15) is 10.7 Å². The van der Waals surface area contributed by atoms with Crippen molar-refractivity contribution in [3.8, 4) is 11.1 Å². The lowest BCUT2D eigenvalue weighted by Crippen LogP contribution is -2.24. The van der Waals surface area contributed by atoms with E-state index in [-0.39, 0.29) is 18.5 Å². The van der Waals surface area contributed by atoms with Gasteiger partial charge < -0.3 is 5.11 Å². The van der Waals surface area contributed by atoms with Gasteiger partial charge in [0.15, 0.2) is 0 Å². The second-order valence-electron chi connectivity index (χ2n) is 5.94. The summed E-state index contributed by atoms with van der Waals surface area (Å²) in [5, 5.41) is 10.1. The Balaban J connectivity index is 2.27. The molecule has 5 nitrogen and oxygen atoms in total. The SMILES string of the molecule is Cc1cc(-c2c(C)sc3nc(C)n(CCC(=O)O)c(=O)c23)ccc1Cl. The summed E-state index contributed by atoms with van der Waals surface area (Å²) < 4.78 is 1.44. The van der Waals surface area contributed by atoms with Crippen molar-refractivity contribution in [3.63, 3.8) is 0 Å². The molecule has 0 spiro atoms. The molecule has 0 fully saturated rings. The monoisotopic (exact) mass is 376 g/mol. The second kappa shape index (κ2) is 6.61. The van der Waals surface area contributed by atoms with Crippen LogP contribution in [0.4, 0.5) is 0 Å². The van der Waals surface area contributed by atoms with E-state index in [0.29, 0.717) is 21.1 Å². The number of hydrogen-bond donors (Lipinski definition) is 1. The van der Waals surface area contributed by atoms with Gasteiger partial charge in [-0.2, -0.15) is 0 Å². The molecule has 2 heterocycles. The van der Waals surface area contributed by atoms with E-state index < -0.39 is 5.97 Å². The van der Waals surface area contributed by atoms with Gasteiger partial charge in [0.05, 0.1) is 11.8 Å². The Bertz CT molecular complexity index is 1050. The van der Waals surface area contributed by atoms with Crippen LogP contribution in [-0.2, 0) is 11.3 Å². The molecule has 0 saturated heterocycles. The van der Waals surface area contributed by atoms with E-state index in [2.05, 4.69) is 4.98 Å². The molecule has 25 heavy (non-hydrogen) atoms. The maximum Gasteiger partial charge on any atom is 0.305 e. The van der Waals surface area contributed by atoms with Crippen molar-refractivity contribution in [1.82, 2.24) is 9.55 Å². The van der Waals surface area contributed by atoms with Crippen molar-refractivity contribution < 1.29 is 9.90 Å². The molecule has 1 aromatic carbocycles. The van der Waals surface area contributed by atoms with E-state index in [9.17, 15) is 9.59 Å². The Kier molecular flexibility index (Phi) is 4.67. The van der Waals surface area contributed by atoms with Crippen LogP contribution in [0.15, 0.2) is 23.0 Å². The lowest BCUT2D eigenvalue weighted by atomic mass is 10.0. The summed E-state index contributed by atoms with van der Waals surface area (Å²) in [7, 11) is 0. The molecule has 1 N–H and O–H groups in total. The summed E-state index contributed by atoms with van der Waals surface area (Å²) in [4.78, 5) is 30.1. The van der Waals surface area contributed by atoms with Crippen LogP contribution in [0.3, 0.4) is 0 Å². The molecular formula is C18H17ClN2O3S. The molecule has 0 aliphatic rings. The smallest absolute Gasteiger partial charge is 0.305 e. The Hall–Kier alpha value is -2.18. The van der Waals surface area contributed by atoms with Gasteiger partial charge in [-0.3, -0.25) is 14.2 Å². The van der Waals surface area contributed by atoms with Gasteiger partial charge in [-0.25, -0.2) is 4.98 Å². The zero-order valence-corrected chi connectivity index (χ0v) is 15.7. The van der Waals surface area contributed by atoms with Gasteiger partial charge >= 0.3 is 5.97 Å². The van der Waals surface area contributed by atoms with Crippen LogP contribution in [0, 0.1) is 20.8 Å². The number of carboxylic acids is 1. The van der Waals surface area contributed by atoms with Gasteiger partial charge in [0, 0.05) is 22.0 Å². The van der Waals surface area contributed by atoms with Crippen molar-refractivity contribution in [3.05, 3.63) is 49.8 Å². The minimum atomic E-state index is -0.943. The standard InChI is InChI=1S/C18H17ClN2O3S/c1-9-8-12(4-5-13(9)19)15-10(2)25-17-16(15)18(24)21(11(3)20-17)7-6-14(22)23/h4-5,8H,6-7H2,1-3H3,(H,22,23). The molecule has 0 atom stereocenters. The van der Waals surface area contributed by atoms with Crippen LogP contribution >= 0.6 is 22.9 Å². The zero-order valence-electron chi connectivity index (χ0n) is 14.1. The predicted octanol–water partition coefficient (Wildman–Crippen LogP) is 4.18. The fourth-order valence-corrected chi connectivity index (χ4v) is 4.11. The normalized spacial score (nSPS) is 11.2. The summed E-state index contributed by atoms with van der Waals surface area (Å²) in [5.41, 5.74) is 2.50. The Morgan fingerprint density at radius 1 is 1.32 bits per heavy atom. The third-order valence-electron chi connectivity index (χ3n) is 4.17. The van der Waals surface area contributed by atoms with E-state index >= 15 is 0 Å². The molecule has 0 radical (unpaired) electrons. The molecule has 130 valence electrons. The van der Waals surface area contributed by atoms with Crippen LogP contribution in [-0.4, -0.2) is 20.6 Å². The Morgan fingerprint density at radius 3 is 2.68 bits per heavy atom. The molecule has 0 saturated carbocycles. The summed E-state index contributed by atoms with van der Waals surface area (Å²) in [6.45, 7) is 5.71. The number of thiophene rings is 1. The highest BCUT2D eigenvalue weighted by Crippen LogP contribution is 2.36. The fourth-order valence-electron chi connectivity index (χ4n) is 2.91. The molecule has 3 aromatic rings. The Morgan fingerprint density at radius 2 is 2.04 bits per heavy atom. The van der Waals surface area contributed by atoms with Crippen LogP contribution in [0.5, 0.6) is 0 Å². The second-order valence-corrected chi connectivity index (χ2v) is 7.55. The molecule has 3 rings (SSSR count). The average Bonchev–Trinajstić information content (AvgIpc) is 2.85. The van der Waals surface area contributed by atoms with E-state index in [4.69, 9.17) is 16.7 Å². The van der Waals surface area contributed by atoms with E-state index in [1.807, 2.05) is 32.0 Å². The minimum Gasteiger partial charge on any atom is -0.481 e. The fraction of sp³-hybridized carbons (Fsp3) is 0.278. The van der Waals surface area contributed by atoms with Crippen LogP contribution < -0.4 is 5.56 Å². The third-order valence-corrected chi connectivity index (χ3v) is 5.60. The summed E-state index contributed by atoms with van der Waals surface area (Å²) in [5.74, 6) is -0.416. The number of nitrogens with zero attached hydrogens (tertiary/aromatic N) is 2. The zero-order chi connectivity index (χ0) is 18.3.